The lowest BCUT2D eigenvalue weighted by atomic mass is 10.1. The Morgan fingerprint density at radius 1 is 0.966 bits per heavy atom. The summed E-state index contributed by atoms with van der Waals surface area (Å²) in [5.41, 5.74) is 2.54. The second-order valence-electron chi connectivity index (χ2n) is 6.54. The number of alkyl halides is 3. The highest BCUT2D eigenvalue weighted by molar-refractivity contribution is 5.68. The van der Waals surface area contributed by atoms with Gasteiger partial charge in [-0.15, -0.1) is 0 Å². The van der Waals surface area contributed by atoms with Crippen molar-refractivity contribution in [1.82, 2.24) is 14.4 Å². The monoisotopic (exact) mass is 395 g/mol. The van der Waals surface area contributed by atoms with E-state index in [0.717, 1.165) is 17.7 Å². The van der Waals surface area contributed by atoms with E-state index in [0.29, 0.717) is 29.0 Å². The molecule has 0 radical (unpaired) electrons. The maximum atomic E-state index is 12.6. The van der Waals surface area contributed by atoms with Crippen LogP contribution >= 0.6 is 0 Å². The molecule has 4 aromatic rings. The predicted molar refractivity (Wildman–Crippen MR) is 104 cm³/mol. The van der Waals surface area contributed by atoms with Crippen molar-refractivity contribution in [1.29, 1.82) is 0 Å². The van der Waals surface area contributed by atoms with Crippen molar-refractivity contribution in [2.45, 2.75) is 12.6 Å². The zero-order chi connectivity index (χ0) is 20.4. The third-order valence-corrected chi connectivity index (χ3v) is 4.47. The molecule has 0 saturated carbocycles. The highest BCUT2D eigenvalue weighted by atomic mass is 19.4. The van der Waals surface area contributed by atoms with E-state index < -0.39 is 11.7 Å². The first kappa shape index (κ1) is 18.7. The molecule has 0 aliphatic rings. The molecule has 4 rings (SSSR count). The number of imidazole rings is 1. The number of aromatic hydroxyl groups is 1. The second-order valence-corrected chi connectivity index (χ2v) is 6.54. The van der Waals surface area contributed by atoms with E-state index in [4.69, 9.17) is 0 Å². The molecule has 146 valence electrons. The average Bonchev–Trinajstić information content (AvgIpc) is 3.02. The second kappa shape index (κ2) is 7.43. The van der Waals surface area contributed by atoms with E-state index in [1.54, 1.807) is 24.5 Å². The molecule has 0 saturated heterocycles. The van der Waals surface area contributed by atoms with Crippen molar-refractivity contribution in [3.63, 3.8) is 0 Å². The van der Waals surface area contributed by atoms with Crippen LogP contribution in [0.15, 0.2) is 67.0 Å². The molecule has 0 spiro atoms. The van der Waals surface area contributed by atoms with Gasteiger partial charge in [0.1, 0.15) is 5.69 Å². The smallest absolute Gasteiger partial charge is 0.416 e. The molecule has 29 heavy (non-hydrogen) atoms. The van der Waals surface area contributed by atoms with Gasteiger partial charge in [0.15, 0.2) is 5.65 Å². The van der Waals surface area contributed by atoms with Crippen molar-refractivity contribution < 1.29 is 18.3 Å². The quantitative estimate of drug-likeness (QED) is 0.516. The van der Waals surface area contributed by atoms with Crippen LogP contribution in [0.5, 0.6) is 5.88 Å². The van der Waals surface area contributed by atoms with Crippen molar-refractivity contribution >= 4 is 17.8 Å². The first-order valence-corrected chi connectivity index (χ1v) is 8.85. The van der Waals surface area contributed by atoms with Gasteiger partial charge in [-0.3, -0.25) is 9.38 Å². The number of fused-ring (bicyclic) bond motifs is 1. The normalized spacial score (nSPS) is 12.1. The first-order chi connectivity index (χ1) is 13.9. The largest absolute Gasteiger partial charge is 0.493 e. The molecule has 0 aliphatic heterocycles. The minimum atomic E-state index is -4.36. The molecule has 0 amide bonds. The van der Waals surface area contributed by atoms with Crippen molar-refractivity contribution in [2.75, 3.05) is 0 Å². The maximum Gasteiger partial charge on any atom is 0.416 e. The number of halogens is 3. The van der Waals surface area contributed by atoms with Crippen molar-refractivity contribution in [3.8, 4) is 5.88 Å². The fraction of sp³-hybridized carbons (Fsp3) is 0.0909. The van der Waals surface area contributed by atoms with Crippen LogP contribution in [-0.4, -0.2) is 19.5 Å². The van der Waals surface area contributed by atoms with Gasteiger partial charge in [0.25, 0.3) is 0 Å². The van der Waals surface area contributed by atoms with Crippen LogP contribution in [-0.2, 0) is 12.6 Å². The van der Waals surface area contributed by atoms with Crippen LogP contribution in [0.2, 0.25) is 0 Å². The maximum absolute atomic E-state index is 12.6. The van der Waals surface area contributed by atoms with E-state index in [-0.39, 0.29) is 5.88 Å². The fourth-order valence-corrected chi connectivity index (χ4v) is 2.96. The number of rotatable bonds is 4. The minimum Gasteiger partial charge on any atom is -0.493 e. The molecule has 0 unspecified atom stereocenters. The topological polar surface area (TPSA) is 50.4 Å². The molecule has 2 heterocycles. The molecule has 0 bridgehead atoms. The molecule has 2 aromatic carbocycles. The van der Waals surface area contributed by atoms with Crippen LogP contribution in [0.4, 0.5) is 13.2 Å². The summed E-state index contributed by atoms with van der Waals surface area (Å²) in [6, 6.07) is 14.5. The summed E-state index contributed by atoms with van der Waals surface area (Å²) in [4.78, 5) is 8.70. The van der Waals surface area contributed by atoms with E-state index >= 15 is 0 Å². The molecule has 1 N–H and O–H groups in total. The Kier molecular flexibility index (Phi) is 4.80. The number of aromatic nitrogens is 3. The van der Waals surface area contributed by atoms with Crippen LogP contribution in [0, 0.1) is 0 Å². The Balaban J connectivity index is 1.57. The predicted octanol–water partition coefficient (Wildman–Crippen LogP) is 5.21. The summed E-state index contributed by atoms with van der Waals surface area (Å²) in [6.07, 6.45) is 2.63. The van der Waals surface area contributed by atoms with Crippen molar-refractivity contribution in [2.24, 2.45) is 0 Å². The summed E-state index contributed by atoms with van der Waals surface area (Å²) >= 11 is 0. The van der Waals surface area contributed by atoms with Crippen LogP contribution in [0.3, 0.4) is 0 Å². The molecule has 7 heteroatoms. The van der Waals surface area contributed by atoms with E-state index in [9.17, 15) is 18.3 Å². The van der Waals surface area contributed by atoms with Gasteiger partial charge in [-0.25, -0.2) is 4.98 Å². The third-order valence-electron chi connectivity index (χ3n) is 4.47. The van der Waals surface area contributed by atoms with Gasteiger partial charge in [0.05, 0.1) is 17.5 Å². The van der Waals surface area contributed by atoms with Gasteiger partial charge >= 0.3 is 6.18 Å². The van der Waals surface area contributed by atoms with Gasteiger partial charge in [-0.05, 0) is 29.3 Å². The molecule has 4 nitrogen and oxygen atoms in total. The number of hydrogen-bond acceptors (Lipinski definition) is 3. The summed E-state index contributed by atoms with van der Waals surface area (Å²) < 4.78 is 39.4. The van der Waals surface area contributed by atoms with Crippen molar-refractivity contribution in [3.05, 3.63) is 95.1 Å². The third kappa shape index (κ3) is 4.13. The van der Waals surface area contributed by atoms with Crippen LogP contribution < -0.4 is 0 Å². The van der Waals surface area contributed by atoms with Gasteiger partial charge < -0.3 is 5.11 Å². The van der Waals surface area contributed by atoms with Gasteiger partial charge in [-0.1, -0.05) is 48.5 Å². The molecular weight excluding hydrogens is 379 g/mol. The molecular formula is C22H16F3N3O. The lowest BCUT2D eigenvalue weighted by Gasteiger charge is -2.05. The van der Waals surface area contributed by atoms with Crippen LogP contribution in [0.1, 0.15) is 28.1 Å². The van der Waals surface area contributed by atoms with Gasteiger partial charge in [0.2, 0.25) is 5.88 Å². The molecule has 0 atom stereocenters. The van der Waals surface area contributed by atoms with E-state index in [2.05, 4.69) is 9.97 Å². The summed E-state index contributed by atoms with van der Waals surface area (Å²) in [5.74, 6) is 0.0374. The fourth-order valence-electron chi connectivity index (χ4n) is 2.96. The summed E-state index contributed by atoms with van der Waals surface area (Å²) in [6.45, 7) is 0. The lowest BCUT2D eigenvalue weighted by Crippen LogP contribution is -2.03. The number of benzene rings is 2. The SMILES string of the molecule is Oc1c(Cc2ccccc2)nc2cnc(/C=C/c3ccc(C(F)(F)F)cc3)cn12. The van der Waals surface area contributed by atoms with Gasteiger partial charge in [0, 0.05) is 12.6 Å². The zero-order valence-corrected chi connectivity index (χ0v) is 15.1. The Morgan fingerprint density at radius 3 is 2.38 bits per heavy atom. The first-order valence-electron chi connectivity index (χ1n) is 8.85. The minimum absolute atomic E-state index is 0.0374. The Morgan fingerprint density at radius 2 is 1.69 bits per heavy atom. The average molecular weight is 395 g/mol. The van der Waals surface area contributed by atoms with Crippen LogP contribution in [0.25, 0.3) is 17.8 Å². The van der Waals surface area contributed by atoms with E-state index in [1.807, 2.05) is 30.3 Å². The van der Waals surface area contributed by atoms with E-state index in [1.165, 1.54) is 16.5 Å². The standard InChI is InChI=1S/C22H16F3N3O/c23-22(24,25)17-9-6-15(7-10-17)8-11-18-14-28-20(13-26-18)27-19(21(28)29)12-16-4-2-1-3-5-16/h1-11,13-14,29H,12H2/b11-8+. The summed E-state index contributed by atoms with van der Waals surface area (Å²) in [7, 11) is 0. The lowest BCUT2D eigenvalue weighted by molar-refractivity contribution is -0.137. The number of hydrogen-bond donors (Lipinski definition) is 1. The zero-order valence-electron chi connectivity index (χ0n) is 15.1. The Hall–Kier alpha value is -3.61. The van der Waals surface area contributed by atoms with Gasteiger partial charge in [-0.2, -0.15) is 13.2 Å². The molecule has 2 aromatic heterocycles. The Bertz CT molecular complexity index is 1160. The highest BCUT2D eigenvalue weighted by Gasteiger charge is 2.29. The molecule has 0 aliphatic carbocycles. The Labute approximate surface area is 164 Å². The number of nitrogens with zero attached hydrogens (tertiary/aromatic N) is 3. The summed E-state index contributed by atoms with van der Waals surface area (Å²) in [5, 5.41) is 10.5. The highest BCUT2D eigenvalue weighted by Crippen LogP contribution is 2.29. The molecule has 0 fully saturated rings.